The zero-order chi connectivity index (χ0) is 14.5. The maximum atomic E-state index is 9.82. The molecule has 0 saturated carbocycles. The van der Waals surface area contributed by atoms with Gasteiger partial charge < -0.3 is 19.9 Å². The van der Waals surface area contributed by atoms with Crippen LogP contribution in [-0.2, 0) is 9.47 Å². The van der Waals surface area contributed by atoms with Crippen LogP contribution in [0.1, 0.15) is 58.3 Å². The summed E-state index contributed by atoms with van der Waals surface area (Å²) < 4.78 is 10.9. The number of hydrogen-bond donors (Lipinski definition) is 2. The lowest BCUT2D eigenvalue weighted by atomic mass is 10.1. The maximum absolute atomic E-state index is 9.82. The Morgan fingerprint density at radius 2 is 2.05 bits per heavy atom. The highest BCUT2D eigenvalue weighted by molar-refractivity contribution is 4.71. The van der Waals surface area contributed by atoms with E-state index in [9.17, 15) is 5.11 Å². The average molecular weight is 287 g/mol. The fraction of sp³-hybridized carbons (Fsp3) is 1.00. The summed E-state index contributed by atoms with van der Waals surface area (Å²) in [5, 5.41) is 13.2. The third-order valence-corrected chi connectivity index (χ3v) is 3.75. The Balaban J connectivity index is 1.83. The molecule has 20 heavy (non-hydrogen) atoms. The van der Waals surface area contributed by atoms with E-state index in [0.29, 0.717) is 19.2 Å². The molecule has 1 aliphatic rings. The Hall–Kier alpha value is -0.160. The van der Waals surface area contributed by atoms with Gasteiger partial charge in [0.2, 0.25) is 0 Å². The summed E-state index contributed by atoms with van der Waals surface area (Å²) in [4.78, 5) is 0. The first-order valence-corrected chi connectivity index (χ1v) is 8.40. The van der Waals surface area contributed by atoms with Gasteiger partial charge in [0.25, 0.3) is 0 Å². The predicted octanol–water partition coefficient (Wildman–Crippen LogP) is 2.49. The van der Waals surface area contributed by atoms with Gasteiger partial charge in [-0.25, -0.2) is 0 Å². The Morgan fingerprint density at radius 3 is 2.80 bits per heavy atom. The highest BCUT2D eigenvalue weighted by atomic mass is 16.5. The second-order valence-corrected chi connectivity index (χ2v) is 5.82. The number of rotatable bonds is 12. The molecule has 0 bridgehead atoms. The summed E-state index contributed by atoms with van der Waals surface area (Å²) in [6.07, 6.45) is 9.49. The number of aliphatic hydroxyl groups excluding tert-OH is 1. The fourth-order valence-corrected chi connectivity index (χ4v) is 2.47. The SMILES string of the molecule is CCCCCCCCOCC(O)CNC1CCCOC1. The molecule has 1 fully saturated rings. The molecule has 1 aliphatic heterocycles. The zero-order valence-corrected chi connectivity index (χ0v) is 13.1. The Labute approximate surface area is 124 Å². The molecule has 1 saturated heterocycles. The van der Waals surface area contributed by atoms with Crippen molar-refractivity contribution in [1.29, 1.82) is 0 Å². The molecule has 0 aromatic carbocycles. The van der Waals surface area contributed by atoms with E-state index in [1.54, 1.807) is 0 Å². The van der Waals surface area contributed by atoms with Crippen molar-refractivity contribution in [1.82, 2.24) is 5.32 Å². The van der Waals surface area contributed by atoms with Gasteiger partial charge >= 0.3 is 0 Å². The number of hydrogen-bond acceptors (Lipinski definition) is 4. The maximum Gasteiger partial charge on any atom is 0.0897 e. The van der Waals surface area contributed by atoms with Crippen LogP contribution in [0.2, 0.25) is 0 Å². The topological polar surface area (TPSA) is 50.7 Å². The molecule has 2 atom stereocenters. The van der Waals surface area contributed by atoms with Crippen molar-refractivity contribution in [2.24, 2.45) is 0 Å². The molecular formula is C16H33NO3. The van der Waals surface area contributed by atoms with Gasteiger partial charge in [-0.1, -0.05) is 39.0 Å². The first-order chi connectivity index (χ1) is 9.83. The summed E-state index contributed by atoms with van der Waals surface area (Å²) in [6, 6.07) is 0.400. The first kappa shape index (κ1) is 17.9. The lowest BCUT2D eigenvalue weighted by molar-refractivity contribution is 0.0257. The van der Waals surface area contributed by atoms with E-state index < -0.39 is 6.10 Å². The predicted molar refractivity (Wildman–Crippen MR) is 82.0 cm³/mol. The van der Waals surface area contributed by atoms with E-state index in [-0.39, 0.29) is 0 Å². The van der Waals surface area contributed by atoms with Crippen molar-refractivity contribution in [3.05, 3.63) is 0 Å². The van der Waals surface area contributed by atoms with Crippen molar-refractivity contribution in [2.75, 3.05) is 33.0 Å². The van der Waals surface area contributed by atoms with Crippen LogP contribution in [0.3, 0.4) is 0 Å². The van der Waals surface area contributed by atoms with Gasteiger partial charge in [0, 0.05) is 25.8 Å². The standard InChI is InChI=1S/C16H33NO3/c1-2-3-4-5-6-7-10-20-14-16(18)12-17-15-9-8-11-19-13-15/h15-18H,2-14H2,1H3. The molecular weight excluding hydrogens is 254 g/mol. The van der Waals surface area contributed by atoms with Crippen LogP contribution < -0.4 is 5.32 Å². The first-order valence-electron chi connectivity index (χ1n) is 8.40. The van der Waals surface area contributed by atoms with Gasteiger partial charge in [-0.2, -0.15) is 0 Å². The Morgan fingerprint density at radius 1 is 1.25 bits per heavy atom. The van der Waals surface area contributed by atoms with Crippen molar-refractivity contribution in [3.8, 4) is 0 Å². The monoisotopic (exact) mass is 287 g/mol. The average Bonchev–Trinajstić information content (AvgIpc) is 2.49. The van der Waals surface area contributed by atoms with Gasteiger partial charge in [-0.15, -0.1) is 0 Å². The minimum atomic E-state index is -0.406. The van der Waals surface area contributed by atoms with Crippen molar-refractivity contribution in [2.45, 2.75) is 70.4 Å². The molecule has 4 nitrogen and oxygen atoms in total. The molecule has 1 rings (SSSR count). The van der Waals surface area contributed by atoms with E-state index in [1.807, 2.05) is 0 Å². The molecule has 2 unspecified atom stereocenters. The zero-order valence-electron chi connectivity index (χ0n) is 13.1. The lowest BCUT2D eigenvalue weighted by Gasteiger charge is -2.24. The Kier molecular flexibility index (Phi) is 11.2. The van der Waals surface area contributed by atoms with Crippen LogP contribution in [0, 0.1) is 0 Å². The molecule has 0 aromatic heterocycles. The second kappa shape index (κ2) is 12.6. The summed E-state index contributed by atoms with van der Waals surface area (Å²) in [6.45, 7) is 5.70. The summed E-state index contributed by atoms with van der Waals surface area (Å²) in [7, 11) is 0. The minimum absolute atomic E-state index is 0.400. The van der Waals surface area contributed by atoms with Gasteiger partial charge in [0.1, 0.15) is 0 Å². The van der Waals surface area contributed by atoms with Crippen LogP contribution in [0.25, 0.3) is 0 Å². The van der Waals surface area contributed by atoms with E-state index in [0.717, 1.165) is 39.1 Å². The van der Waals surface area contributed by atoms with Crippen LogP contribution in [0.5, 0.6) is 0 Å². The van der Waals surface area contributed by atoms with Crippen molar-refractivity contribution < 1.29 is 14.6 Å². The highest BCUT2D eigenvalue weighted by Gasteiger charge is 2.14. The van der Waals surface area contributed by atoms with Gasteiger partial charge in [0.15, 0.2) is 0 Å². The van der Waals surface area contributed by atoms with Crippen LogP contribution >= 0.6 is 0 Å². The second-order valence-electron chi connectivity index (χ2n) is 5.82. The van der Waals surface area contributed by atoms with Gasteiger partial charge in [-0.3, -0.25) is 0 Å². The van der Waals surface area contributed by atoms with Crippen LogP contribution in [-0.4, -0.2) is 50.2 Å². The van der Waals surface area contributed by atoms with E-state index in [4.69, 9.17) is 9.47 Å². The largest absolute Gasteiger partial charge is 0.389 e. The third kappa shape index (κ3) is 9.70. The smallest absolute Gasteiger partial charge is 0.0897 e. The summed E-state index contributed by atoms with van der Waals surface area (Å²) in [5.41, 5.74) is 0. The van der Waals surface area contributed by atoms with Crippen LogP contribution in [0.15, 0.2) is 0 Å². The number of unbranched alkanes of at least 4 members (excludes halogenated alkanes) is 5. The van der Waals surface area contributed by atoms with Crippen LogP contribution in [0.4, 0.5) is 0 Å². The van der Waals surface area contributed by atoms with E-state index in [2.05, 4.69) is 12.2 Å². The van der Waals surface area contributed by atoms with Crippen molar-refractivity contribution >= 4 is 0 Å². The van der Waals surface area contributed by atoms with Gasteiger partial charge in [-0.05, 0) is 19.3 Å². The summed E-state index contributed by atoms with van der Waals surface area (Å²) >= 11 is 0. The normalized spacial score (nSPS) is 21.0. The molecule has 1 heterocycles. The quantitative estimate of drug-likeness (QED) is 0.542. The number of ether oxygens (including phenoxy) is 2. The van der Waals surface area contributed by atoms with Gasteiger partial charge in [0.05, 0.1) is 19.3 Å². The van der Waals surface area contributed by atoms with E-state index in [1.165, 1.54) is 32.1 Å². The van der Waals surface area contributed by atoms with E-state index >= 15 is 0 Å². The Bertz CT molecular complexity index is 208. The molecule has 4 heteroatoms. The molecule has 0 aliphatic carbocycles. The lowest BCUT2D eigenvalue weighted by Crippen LogP contribution is -2.41. The number of nitrogens with one attached hydrogen (secondary N) is 1. The third-order valence-electron chi connectivity index (χ3n) is 3.75. The molecule has 0 amide bonds. The minimum Gasteiger partial charge on any atom is -0.389 e. The highest BCUT2D eigenvalue weighted by Crippen LogP contribution is 2.06. The molecule has 0 radical (unpaired) electrons. The number of aliphatic hydroxyl groups is 1. The molecule has 0 aromatic rings. The molecule has 0 spiro atoms. The molecule has 120 valence electrons. The fourth-order valence-electron chi connectivity index (χ4n) is 2.47. The molecule has 2 N–H and O–H groups in total. The summed E-state index contributed by atoms with van der Waals surface area (Å²) in [5.74, 6) is 0. The van der Waals surface area contributed by atoms with Crippen molar-refractivity contribution in [3.63, 3.8) is 0 Å².